The molecule has 0 aromatic heterocycles. The first-order valence-electron chi connectivity index (χ1n) is 13.8. The standard InChI is InChI=1S/C30H46O3/c1-7-21(10-8-9-19(2)3)24-11-12-25-28-26(14-16-30(24,25)6)29(5)15-13-23(33-20(4)31)17-22(29)18-27(28)32/h1,19,21-26,28H,8-18H2,2-6H3/t21-,22-,23+,24-,25?,26?,28?,29+,30-/m1/s1. The number of ketones is 1. The van der Waals surface area contributed by atoms with Crippen LogP contribution in [-0.4, -0.2) is 17.9 Å². The quantitative estimate of drug-likeness (QED) is 0.326. The molecule has 4 aliphatic carbocycles. The van der Waals surface area contributed by atoms with Crippen molar-refractivity contribution in [1.29, 1.82) is 0 Å². The number of esters is 1. The number of carbonyl (C=O) groups excluding carboxylic acids is 2. The van der Waals surface area contributed by atoms with Crippen molar-refractivity contribution in [2.45, 2.75) is 111 Å². The van der Waals surface area contributed by atoms with Gasteiger partial charge in [-0.25, -0.2) is 0 Å². The van der Waals surface area contributed by atoms with Crippen LogP contribution in [0.5, 0.6) is 0 Å². The summed E-state index contributed by atoms with van der Waals surface area (Å²) in [5, 5.41) is 0. The summed E-state index contributed by atoms with van der Waals surface area (Å²) >= 11 is 0. The zero-order valence-electron chi connectivity index (χ0n) is 21.7. The van der Waals surface area contributed by atoms with Gasteiger partial charge in [0.15, 0.2) is 0 Å². The molecule has 0 spiro atoms. The summed E-state index contributed by atoms with van der Waals surface area (Å²) in [7, 11) is 0. The molecule has 4 saturated carbocycles. The van der Waals surface area contributed by atoms with Crippen LogP contribution in [0, 0.1) is 64.6 Å². The molecule has 4 fully saturated rings. The third kappa shape index (κ3) is 4.41. The molecule has 33 heavy (non-hydrogen) atoms. The molecule has 0 heterocycles. The molecule has 4 aliphatic rings. The summed E-state index contributed by atoms with van der Waals surface area (Å²) < 4.78 is 5.57. The molecule has 3 unspecified atom stereocenters. The van der Waals surface area contributed by atoms with E-state index in [2.05, 4.69) is 33.6 Å². The van der Waals surface area contributed by atoms with Crippen molar-refractivity contribution in [3.05, 3.63) is 0 Å². The molecule has 0 amide bonds. The first kappa shape index (κ1) is 24.8. The highest BCUT2D eigenvalue weighted by Crippen LogP contribution is 2.67. The van der Waals surface area contributed by atoms with Crippen molar-refractivity contribution in [1.82, 2.24) is 0 Å². The van der Waals surface area contributed by atoms with Crippen LogP contribution >= 0.6 is 0 Å². The van der Waals surface area contributed by atoms with Gasteiger partial charge in [-0.3, -0.25) is 9.59 Å². The third-order valence-corrected chi connectivity index (χ3v) is 10.8. The maximum absolute atomic E-state index is 13.7. The SMILES string of the molecule is C#C[C@H](CCCC(C)C)[C@H]1CCC2C3C(=O)C[C@H]4C[C@@H](OC(C)=O)CC[C@]4(C)C3CC[C@@]21C. The van der Waals surface area contributed by atoms with Gasteiger partial charge in [0.1, 0.15) is 11.9 Å². The number of hydrogen-bond acceptors (Lipinski definition) is 3. The van der Waals surface area contributed by atoms with E-state index < -0.39 is 0 Å². The summed E-state index contributed by atoms with van der Waals surface area (Å²) in [6.07, 6.45) is 18.0. The maximum atomic E-state index is 13.7. The minimum atomic E-state index is -0.189. The van der Waals surface area contributed by atoms with E-state index in [0.717, 1.165) is 38.0 Å². The lowest BCUT2D eigenvalue weighted by Gasteiger charge is -2.60. The van der Waals surface area contributed by atoms with E-state index >= 15 is 0 Å². The zero-order valence-corrected chi connectivity index (χ0v) is 21.7. The number of carbonyl (C=O) groups is 2. The molecule has 0 aromatic rings. The first-order valence-corrected chi connectivity index (χ1v) is 13.8. The molecule has 3 heteroatoms. The highest BCUT2D eigenvalue weighted by atomic mass is 16.5. The summed E-state index contributed by atoms with van der Waals surface area (Å²) in [6, 6.07) is 0. The Morgan fingerprint density at radius 1 is 1.09 bits per heavy atom. The molecule has 0 N–H and O–H groups in total. The third-order valence-electron chi connectivity index (χ3n) is 10.8. The molecule has 3 nitrogen and oxygen atoms in total. The average molecular weight is 455 g/mol. The molecule has 0 bridgehead atoms. The summed E-state index contributed by atoms with van der Waals surface area (Å²) in [4.78, 5) is 25.2. The van der Waals surface area contributed by atoms with Gasteiger partial charge in [0, 0.05) is 25.2 Å². The van der Waals surface area contributed by atoms with Crippen molar-refractivity contribution in [2.75, 3.05) is 0 Å². The molecule has 9 atom stereocenters. The number of rotatable bonds is 6. The Labute approximate surface area is 202 Å². The van der Waals surface area contributed by atoms with Crippen molar-refractivity contribution in [3.63, 3.8) is 0 Å². The van der Waals surface area contributed by atoms with E-state index in [-0.39, 0.29) is 28.8 Å². The van der Waals surface area contributed by atoms with Crippen LogP contribution in [-0.2, 0) is 14.3 Å². The van der Waals surface area contributed by atoms with E-state index in [1.54, 1.807) is 0 Å². The molecular formula is C30H46O3. The van der Waals surface area contributed by atoms with Gasteiger partial charge >= 0.3 is 5.97 Å². The monoisotopic (exact) mass is 454 g/mol. The topological polar surface area (TPSA) is 43.4 Å². The average Bonchev–Trinajstić information content (AvgIpc) is 3.09. The predicted octanol–water partition coefficient (Wildman–Crippen LogP) is 6.83. The number of Topliss-reactive ketones (excluding diaryl/α,β-unsaturated/α-hetero) is 1. The molecule has 0 aliphatic heterocycles. The van der Waals surface area contributed by atoms with Crippen LogP contribution in [0.1, 0.15) is 105 Å². The number of ether oxygens (including phenoxy) is 1. The van der Waals surface area contributed by atoms with Gasteiger partial charge in [-0.2, -0.15) is 0 Å². The summed E-state index contributed by atoms with van der Waals surface area (Å²) in [6.45, 7) is 11.0. The second-order valence-electron chi connectivity index (χ2n) is 12.9. The van der Waals surface area contributed by atoms with Crippen LogP contribution in [0.15, 0.2) is 0 Å². The largest absolute Gasteiger partial charge is 0.463 e. The lowest BCUT2D eigenvalue weighted by Crippen LogP contribution is -2.57. The summed E-state index contributed by atoms with van der Waals surface area (Å²) in [5.41, 5.74) is 0.418. The number of hydrogen-bond donors (Lipinski definition) is 0. The van der Waals surface area contributed by atoms with Gasteiger partial charge in [0.2, 0.25) is 0 Å². The van der Waals surface area contributed by atoms with E-state index in [0.29, 0.717) is 41.8 Å². The second-order valence-corrected chi connectivity index (χ2v) is 12.9. The van der Waals surface area contributed by atoms with Crippen LogP contribution in [0.2, 0.25) is 0 Å². The van der Waals surface area contributed by atoms with Crippen molar-refractivity contribution in [2.24, 2.45) is 52.3 Å². The Bertz CT molecular complexity index is 793. The van der Waals surface area contributed by atoms with Crippen molar-refractivity contribution >= 4 is 11.8 Å². The van der Waals surface area contributed by atoms with Crippen molar-refractivity contribution in [3.8, 4) is 12.3 Å². The number of terminal acetylenes is 1. The molecule has 0 aromatic carbocycles. The second kappa shape index (κ2) is 9.39. The smallest absolute Gasteiger partial charge is 0.302 e. The number of fused-ring (bicyclic) bond motifs is 5. The lowest BCUT2D eigenvalue weighted by molar-refractivity contribution is -0.167. The summed E-state index contributed by atoms with van der Waals surface area (Å²) in [5.74, 6) is 6.74. The fourth-order valence-electron chi connectivity index (χ4n) is 9.08. The highest BCUT2D eigenvalue weighted by Gasteiger charge is 2.63. The lowest BCUT2D eigenvalue weighted by atomic mass is 9.44. The Balaban J connectivity index is 1.51. The van der Waals surface area contributed by atoms with Crippen LogP contribution in [0.25, 0.3) is 0 Å². The van der Waals surface area contributed by atoms with Gasteiger partial charge in [0.25, 0.3) is 0 Å². The van der Waals surface area contributed by atoms with Crippen LogP contribution in [0.4, 0.5) is 0 Å². The predicted molar refractivity (Wildman–Crippen MR) is 132 cm³/mol. The van der Waals surface area contributed by atoms with Gasteiger partial charge in [0.05, 0.1) is 0 Å². The van der Waals surface area contributed by atoms with Crippen molar-refractivity contribution < 1.29 is 14.3 Å². The Kier molecular flexibility index (Phi) is 7.06. The fraction of sp³-hybridized carbons (Fsp3) is 0.867. The first-order chi connectivity index (χ1) is 15.6. The van der Waals surface area contributed by atoms with Gasteiger partial charge in [-0.15, -0.1) is 12.3 Å². The molecule has 184 valence electrons. The Hall–Kier alpha value is -1.30. The highest BCUT2D eigenvalue weighted by molar-refractivity contribution is 5.83. The zero-order chi connectivity index (χ0) is 24.0. The van der Waals surface area contributed by atoms with Crippen LogP contribution in [0.3, 0.4) is 0 Å². The van der Waals surface area contributed by atoms with E-state index in [4.69, 9.17) is 11.2 Å². The van der Waals surface area contributed by atoms with E-state index in [9.17, 15) is 9.59 Å². The Morgan fingerprint density at radius 3 is 2.45 bits per heavy atom. The molecular weight excluding hydrogens is 408 g/mol. The molecule has 4 rings (SSSR count). The van der Waals surface area contributed by atoms with E-state index in [1.807, 2.05) is 0 Å². The van der Waals surface area contributed by atoms with Crippen LogP contribution < -0.4 is 0 Å². The maximum Gasteiger partial charge on any atom is 0.302 e. The molecule has 0 radical (unpaired) electrons. The van der Waals surface area contributed by atoms with E-state index in [1.165, 1.54) is 39.0 Å². The van der Waals surface area contributed by atoms with Gasteiger partial charge in [-0.1, -0.05) is 40.5 Å². The fourth-order valence-corrected chi connectivity index (χ4v) is 9.08. The minimum Gasteiger partial charge on any atom is -0.463 e. The normalized spacial score (nSPS) is 43.2. The Morgan fingerprint density at radius 2 is 1.79 bits per heavy atom. The minimum absolute atomic E-state index is 0.00290. The molecule has 0 saturated heterocycles. The van der Waals surface area contributed by atoms with Gasteiger partial charge < -0.3 is 4.74 Å². The van der Waals surface area contributed by atoms with Gasteiger partial charge in [-0.05, 0) is 91.8 Å².